The minimum Gasteiger partial charge on any atom is -0.497 e. The molecule has 3 aromatic rings. The molecule has 0 atom stereocenters. The first kappa shape index (κ1) is 15.2. The zero-order chi connectivity index (χ0) is 16.4. The van der Waals surface area contributed by atoms with Crippen LogP contribution in [0, 0.1) is 0 Å². The van der Waals surface area contributed by atoms with E-state index in [1.807, 2.05) is 18.2 Å². The fraction of sp³-hybridized carbons (Fsp3) is 0.118. The van der Waals surface area contributed by atoms with Gasteiger partial charge in [-0.15, -0.1) is 0 Å². The maximum atomic E-state index is 10.1. The van der Waals surface area contributed by atoms with Gasteiger partial charge in [-0.25, -0.2) is 0 Å². The molecule has 2 N–H and O–H groups in total. The van der Waals surface area contributed by atoms with Crippen molar-refractivity contribution in [2.75, 3.05) is 14.2 Å². The van der Waals surface area contributed by atoms with Crippen molar-refractivity contribution in [1.29, 1.82) is 0 Å². The van der Waals surface area contributed by atoms with Crippen LogP contribution in [0.3, 0.4) is 0 Å². The molecule has 1 aromatic heterocycles. The zero-order valence-electron chi connectivity index (χ0n) is 12.6. The molecule has 0 aliphatic carbocycles. The molecule has 0 saturated carbocycles. The fourth-order valence-corrected chi connectivity index (χ4v) is 2.56. The number of aromatic hydroxyl groups is 1. The van der Waals surface area contributed by atoms with Gasteiger partial charge in [0, 0.05) is 17.1 Å². The predicted octanol–water partition coefficient (Wildman–Crippen LogP) is 4.29. The largest absolute Gasteiger partial charge is 0.497 e. The van der Waals surface area contributed by atoms with E-state index in [0.29, 0.717) is 27.8 Å². The van der Waals surface area contributed by atoms with Gasteiger partial charge in [0.05, 0.1) is 30.5 Å². The van der Waals surface area contributed by atoms with E-state index in [1.54, 1.807) is 38.6 Å². The van der Waals surface area contributed by atoms with Gasteiger partial charge in [0.15, 0.2) is 5.88 Å². The molecule has 0 amide bonds. The number of hydrogen-bond donors (Lipinski definition) is 2. The van der Waals surface area contributed by atoms with Crippen LogP contribution in [0.5, 0.6) is 17.4 Å². The lowest BCUT2D eigenvalue weighted by atomic mass is 10.1. The Morgan fingerprint density at radius 2 is 1.96 bits per heavy atom. The Morgan fingerprint density at radius 1 is 1.13 bits per heavy atom. The van der Waals surface area contributed by atoms with Gasteiger partial charge in [-0.1, -0.05) is 11.6 Å². The van der Waals surface area contributed by atoms with Crippen LogP contribution in [0.1, 0.15) is 5.56 Å². The normalized spacial score (nSPS) is 11.3. The molecule has 0 saturated heterocycles. The number of benzene rings is 2. The average molecular weight is 331 g/mol. The second-order valence-electron chi connectivity index (χ2n) is 4.88. The molecular formula is C17H15ClN2O3. The van der Waals surface area contributed by atoms with Crippen LogP contribution in [-0.4, -0.2) is 30.5 Å². The van der Waals surface area contributed by atoms with Gasteiger partial charge >= 0.3 is 0 Å². The average Bonchev–Trinajstić information content (AvgIpc) is 2.87. The lowest BCUT2D eigenvalue weighted by Gasteiger charge is -2.02. The minimum atomic E-state index is 0.0524. The van der Waals surface area contributed by atoms with Crippen LogP contribution in [0.2, 0.25) is 5.02 Å². The van der Waals surface area contributed by atoms with Crippen LogP contribution < -0.4 is 9.47 Å². The van der Waals surface area contributed by atoms with E-state index in [9.17, 15) is 5.11 Å². The van der Waals surface area contributed by atoms with Crippen molar-refractivity contribution in [2.24, 2.45) is 4.99 Å². The molecule has 0 bridgehead atoms. The van der Waals surface area contributed by atoms with Crippen LogP contribution in [0.4, 0.5) is 5.69 Å². The number of nitrogens with one attached hydrogen (secondary N) is 1. The van der Waals surface area contributed by atoms with Gasteiger partial charge in [0.25, 0.3) is 0 Å². The minimum absolute atomic E-state index is 0.0524. The fourth-order valence-electron chi connectivity index (χ4n) is 2.31. The van der Waals surface area contributed by atoms with Crippen molar-refractivity contribution in [1.82, 2.24) is 4.98 Å². The highest BCUT2D eigenvalue weighted by Gasteiger charge is 2.10. The van der Waals surface area contributed by atoms with Crippen LogP contribution >= 0.6 is 11.6 Å². The molecule has 0 fully saturated rings. The van der Waals surface area contributed by atoms with Crippen LogP contribution in [-0.2, 0) is 0 Å². The molecule has 0 radical (unpaired) electrons. The van der Waals surface area contributed by atoms with E-state index >= 15 is 0 Å². The summed E-state index contributed by atoms with van der Waals surface area (Å²) in [6, 6.07) is 10.7. The molecule has 0 aliphatic heterocycles. The standard InChI is InChI=1S/C17H15ClN2O3/c1-22-11-4-5-15-12(8-11)13(17(21)20-15)9-19-10-3-6-16(23-2)14(18)7-10/h3-9,20-21H,1-2H3. The summed E-state index contributed by atoms with van der Waals surface area (Å²) in [5.74, 6) is 1.35. The molecule has 0 spiro atoms. The molecular weight excluding hydrogens is 316 g/mol. The first-order valence-electron chi connectivity index (χ1n) is 6.88. The number of rotatable bonds is 4. The van der Waals surface area contributed by atoms with E-state index in [4.69, 9.17) is 21.1 Å². The van der Waals surface area contributed by atoms with Crippen molar-refractivity contribution >= 4 is 34.4 Å². The Balaban J connectivity index is 2.00. The molecule has 118 valence electrons. The van der Waals surface area contributed by atoms with Crippen molar-refractivity contribution < 1.29 is 14.6 Å². The number of halogens is 1. The Labute approximate surface area is 138 Å². The summed E-state index contributed by atoms with van der Waals surface area (Å²) in [7, 11) is 3.16. The maximum absolute atomic E-state index is 10.1. The number of aromatic nitrogens is 1. The highest BCUT2D eigenvalue weighted by Crippen LogP contribution is 2.31. The number of aromatic amines is 1. The number of H-pyrrole nitrogens is 1. The molecule has 1 heterocycles. The summed E-state index contributed by atoms with van der Waals surface area (Å²) in [5.41, 5.74) is 2.05. The molecule has 5 nitrogen and oxygen atoms in total. The van der Waals surface area contributed by atoms with Crippen molar-refractivity contribution in [3.05, 3.63) is 47.0 Å². The maximum Gasteiger partial charge on any atom is 0.198 e. The van der Waals surface area contributed by atoms with Gasteiger partial charge in [0.1, 0.15) is 11.5 Å². The van der Waals surface area contributed by atoms with E-state index < -0.39 is 0 Å². The second-order valence-corrected chi connectivity index (χ2v) is 5.28. The molecule has 3 rings (SSSR count). The summed E-state index contributed by atoms with van der Waals surface area (Å²) < 4.78 is 10.3. The number of ether oxygens (including phenoxy) is 2. The highest BCUT2D eigenvalue weighted by molar-refractivity contribution is 6.32. The molecule has 0 unspecified atom stereocenters. The number of hydrogen-bond acceptors (Lipinski definition) is 4. The zero-order valence-corrected chi connectivity index (χ0v) is 13.4. The van der Waals surface area contributed by atoms with E-state index in [0.717, 1.165) is 10.9 Å². The lowest BCUT2D eigenvalue weighted by molar-refractivity contribution is 0.415. The SMILES string of the molecule is COc1ccc2[nH]c(O)c(C=Nc3ccc(OC)c(Cl)c3)c2c1. The van der Waals surface area contributed by atoms with Gasteiger partial charge in [-0.2, -0.15) is 0 Å². The summed E-state index contributed by atoms with van der Waals surface area (Å²) in [6.45, 7) is 0. The van der Waals surface area contributed by atoms with Gasteiger partial charge in [-0.05, 0) is 36.4 Å². The smallest absolute Gasteiger partial charge is 0.198 e. The lowest BCUT2D eigenvalue weighted by Crippen LogP contribution is -1.84. The molecule has 23 heavy (non-hydrogen) atoms. The van der Waals surface area contributed by atoms with Crippen LogP contribution in [0.15, 0.2) is 41.4 Å². The first-order valence-corrected chi connectivity index (χ1v) is 7.26. The topological polar surface area (TPSA) is 66.8 Å². The van der Waals surface area contributed by atoms with Crippen molar-refractivity contribution in [2.45, 2.75) is 0 Å². The number of fused-ring (bicyclic) bond motifs is 1. The summed E-state index contributed by atoms with van der Waals surface area (Å²) >= 11 is 6.09. The third-order valence-electron chi connectivity index (χ3n) is 3.50. The molecule has 0 aliphatic rings. The van der Waals surface area contributed by atoms with Crippen molar-refractivity contribution in [3.63, 3.8) is 0 Å². The quantitative estimate of drug-likeness (QED) is 0.701. The van der Waals surface area contributed by atoms with Crippen LogP contribution in [0.25, 0.3) is 10.9 Å². The monoisotopic (exact) mass is 330 g/mol. The van der Waals surface area contributed by atoms with E-state index in [-0.39, 0.29) is 5.88 Å². The van der Waals surface area contributed by atoms with E-state index in [2.05, 4.69) is 9.98 Å². The van der Waals surface area contributed by atoms with Crippen molar-refractivity contribution in [3.8, 4) is 17.4 Å². The van der Waals surface area contributed by atoms with E-state index in [1.165, 1.54) is 0 Å². The van der Waals surface area contributed by atoms with Gasteiger partial charge in [-0.3, -0.25) is 4.99 Å². The number of nitrogens with zero attached hydrogens (tertiary/aromatic N) is 1. The molecule has 2 aromatic carbocycles. The Hall–Kier alpha value is -2.66. The van der Waals surface area contributed by atoms with Gasteiger partial charge < -0.3 is 19.6 Å². The third-order valence-corrected chi connectivity index (χ3v) is 3.80. The number of aliphatic imine (C=N–C) groups is 1. The highest BCUT2D eigenvalue weighted by atomic mass is 35.5. The van der Waals surface area contributed by atoms with Gasteiger partial charge in [0.2, 0.25) is 0 Å². The molecule has 6 heteroatoms. The first-order chi connectivity index (χ1) is 11.1. The number of methoxy groups -OCH3 is 2. The Morgan fingerprint density at radius 3 is 2.65 bits per heavy atom. The summed E-state index contributed by atoms with van der Waals surface area (Å²) in [5, 5.41) is 11.4. The predicted molar refractivity (Wildman–Crippen MR) is 91.8 cm³/mol. The third kappa shape index (κ3) is 2.96. The second kappa shape index (κ2) is 6.22. The Bertz CT molecular complexity index is 887. The summed E-state index contributed by atoms with van der Waals surface area (Å²) in [4.78, 5) is 7.27. The summed E-state index contributed by atoms with van der Waals surface area (Å²) in [6.07, 6.45) is 1.59. The Kier molecular flexibility index (Phi) is 4.12.